The smallest absolute Gasteiger partial charge is 0.233 e. The molecule has 1 aliphatic heterocycles. The molecule has 0 spiro atoms. The second-order valence-electron chi connectivity index (χ2n) is 4.78. The highest BCUT2D eigenvalue weighted by atomic mass is 32.2. The number of nitrogens with one attached hydrogen (secondary N) is 2. The molecule has 1 aromatic rings. The quantitative estimate of drug-likeness (QED) is 0.859. The van der Waals surface area contributed by atoms with Crippen LogP contribution in [-0.4, -0.2) is 32.2 Å². The monoisotopic (exact) mass is 269 g/mol. The SMILES string of the molecule is Cc1ccc(NS(=O)(=O)CC2CCCNC2)cn1. The largest absolute Gasteiger partial charge is 0.316 e. The van der Waals surface area contributed by atoms with Gasteiger partial charge in [0.25, 0.3) is 0 Å². The maximum absolute atomic E-state index is 12.0. The highest BCUT2D eigenvalue weighted by molar-refractivity contribution is 7.92. The van der Waals surface area contributed by atoms with E-state index in [0.29, 0.717) is 5.69 Å². The maximum Gasteiger partial charge on any atom is 0.233 e. The molecule has 2 heterocycles. The Morgan fingerprint density at radius 3 is 2.94 bits per heavy atom. The number of rotatable bonds is 4. The minimum atomic E-state index is -3.28. The summed E-state index contributed by atoms with van der Waals surface area (Å²) in [5, 5.41) is 3.22. The number of anilines is 1. The van der Waals surface area contributed by atoms with Gasteiger partial charge in [0.2, 0.25) is 10.0 Å². The van der Waals surface area contributed by atoms with E-state index in [-0.39, 0.29) is 11.7 Å². The van der Waals surface area contributed by atoms with E-state index < -0.39 is 10.0 Å². The van der Waals surface area contributed by atoms with Gasteiger partial charge in [-0.3, -0.25) is 9.71 Å². The first kappa shape index (κ1) is 13.3. The van der Waals surface area contributed by atoms with Crippen LogP contribution in [0.3, 0.4) is 0 Å². The van der Waals surface area contributed by atoms with E-state index in [1.165, 1.54) is 0 Å². The minimum absolute atomic E-state index is 0.174. The fourth-order valence-corrected chi connectivity index (χ4v) is 3.59. The molecule has 2 rings (SSSR count). The molecule has 0 bridgehead atoms. The van der Waals surface area contributed by atoms with Gasteiger partial charge in [0.15, 0.2) is 0 Å². The second kappa shape index (κ2) is 5.67. The lowest BCUT2D eigenvalue weighted by molar-refractivity contribution is 0.404. The molecule has 2 N–H and O–H groups in total. The Kier molecular flexibility index (Phi) is 4.19. The number of aryl methyl sites for hydroxylation is 1. The Hall–Kier alpha value is -1.14. The molecule has 0 amide bonds. The highest BCUT2D eigenvalue weighted by Crippen LogP contribution is 2.15. The highest BCUT2D eigenvalue weighted by Gasteiger charge is 2.21. The molecular weight excluding hydrogens is 250 g/mol. The van der Waals surface area contributed by atoms with Gasteiger partial charge in [0.05, 0.1) is 17.6 Å². The number of hydrogen-bond donors (Lipinski definition) is 2. The molecule has 0 radical (unpaired) electrons. The van der Waals surface area contributed by atoms with Gasteiger partial charge in [-0.2, -0.15) is 0 Å². The van der Waals surface area contributed by atoms with Crippen LogP contribution in [0.25, 0.3) is 0 Å². The molecule has 0 aromatic carbocycles. The van der Waals surface area contributed by atoms with Crippen molar-refractivity contribution in [2.45, 2.75) is 19.8 Å². The Balaban J connectivity index is 1.96. The third-order valence-corrected chi connectivity index (χ3v) is 4.50. The normalized spacial score (nSPS) is 20.6. The fraction of sp³-hybridized carbons (Fsp3) is 0.583. The van der Waals surface area contributed by atoms with Crippen LogP contribution in [0.1, 0.15) is 18.5 Å². The number of pyridine rings is 1. The Morgan fingerprint density at radius 1 is 1.50 bits per heavy atom. The van der Waals surface area contributed by atoms with E-state index in [1.807, 2.05) is 6.92 Å². The van der Waals surface area contributed by atoms with E-state index in [4.69, 9.17) is 0 Å². The summed E-state index contributed by atoms with van der Waals surface area (Å²) in [4.78, 5) is 4.07. The molecule has 1 atom stereocenters. The molecule has 100 valence electrons. The molecule has 0 saturated carbocycles. The third kappa shape index (κ3) is 3.96. The van der Waals surface area contributed by atoms with Gasteiger partial charge in [0.1, 0.15) is 0 Å². The molecular formula is C12H19N3O2S. The van der Waals surface area contributed by atoms with Crippen LogP contribution in [0.2, 0.25) is 0 Å². The Bertz CT molecular complexity index is 479. The van der Waals surface area contributed by atoms with Crippen LogP contribution in [0.4, 0.5) is 5.69 Å². The van der Waals surface area contributed by atoms with Crippen LogP contribution in [-0.2, 0) is 10.0 Å². The predicted octanol–water partition coefficient (Wildman–Crippen LogP) is 1.13. The first-order chi connectivity index (χ1) is 8.55. The molecule has 6 heteroatoms. The van der Waals surface area contributed by atoms with Crippen molar-refractivity contribution < 1.29 is 8.42 Å². The van der Waals surface area contributed by atoms with Gasteiger partial charge in [-0.25, -0.2) is 8.42 Å². The van der Waals surface area contributed by atoms with Gasteiger partial charge in [-0.05, 0) is 50.9 Å². The van der Waals surface area contributed by atoms with E-state index in [9.17, 15) is 8.42 Å². The first-order valence-corrected chi connectivity index (χ1v) is 7.84. The lowest BCUT2D eigenvalue weighted by atomic mass is 10.0. The van der Waals surface area contributed by atoms with Crippen molar-refractivity contribution in [3.63, 3.8) is 0 Å². The number of hydrogen-bond acceptors (Lipinski definition) is 4. The molecule has 18 heavy (non-hydrogen) atoms. The number of piperidine rings is 1. The summed E-state index contributed by atoms with van der Waals surface area (Å²) >= 11 is 0. The van der Waals surface area contributed by atoms with E-state index in [1.54, 1.807) is 18.3 Å². The summed E-state index contributed by atoms with van der Waals surface area (Å²) in [5.41, 5.74) is 1.40. The summed E-state index contributed by atoms with van der Waals surface area (Å²) < 4.78 is 26.5. The second-order valence-corrected chi connectivity index (χ2v) is 6.55. The molecule has 1 unspecified atom stereocenters. The van der Waals surface area contributed by atoms with Crippen molar-refractivity contribution in [3.8, 4) is 0 Å². The lowest BCUT2D eigenvalue weighted by Gasteiger charge is -2.22. The molecule has 0 aliphatic carbocycles. The molecule has 1 fully saturated rings. The molecule has 1 aromatic heterocycles. The molecule has 5 nitrogen and oxygen atoms in total. The molecule has 1 aliphatic rings. The first-order valence-electron chi connectivity index (χ1n) is 6.19. The van der Waals surface area contributed by atoms with Gasteiger partial charge in [-0.15, -0.1) is 0 Å². The van der Waals surface area contributed by atoms with Crippen LogP contribution in [0.15, 0.2) is 18.3 Å². The van der Waals surface area contributed by atoms with Crippen molar-refractivity contribution in [3.05, 3.63) is 24.0 Å². The summed E-state index contributed by atoms with van der Waals surface area (Å²) in [6.07, 6.45) is 3.57. The fourth-order valence-electron chi connectivity index (χ4n) is 2.13. The van der Waals surface area contributed by atoms with Crippen LogP contribution >= 0.6 is 0 Å². The summed E-state index contributed by atoms with van der Waals surface area (Å²) in [6, 6.07) is 3.53. The predicted molar refractivity (Wildman–Crippen MR) is 72.0 cm³/mol. The molecule has 1 saturated heterocycles. The number of nitrogens with zero attached hydrogens (tertiary/aromatic N) is 1. The summed E-state index contributed by atoms with van der Waals surface area (Å²) in [7, 11) is -3.28. The van der Waals surface area contributed by atoms with E-state index in [2.05, 4.69) is 15.0 Å². The zero-order chi connectivity index (χ0) is 13.0. The maximum atomic E-state index is 12.0. The number of sulfonamides is 1. The average Bonchev–Trinajstić information content (AvgIpc) is 2.32. The van der Waals surface area contributed by atoms with Gasteiger partial charge in [-0.1, -0.05) is 0 Å². The average molecular weight is 269 g/mol. The number of aromatic nitrogens is 1. The van der Waals surface area contributed by atoms with E-state index >= 15 is 0 Å². The van der Waals surface area contributed by atoms with E-state index in [0.717, 1.165) is 31.6 Å². The summed E-state index contributed by atoms with van der Waals surface area (Å²) in [6.45, 7) is 3.64. The van der Waals surface area contributed by atoms with Crippen molar-refractivity contribution in [1.82, 2.24) is 10.3 Å². The van der Waals surface area contributed by atoms with Crippen LogP contribution in [0, 0.1) is 12.8 Å². The van der Waals surface area contributed by atoms with Crippen molar-refractivity contribution in [2.75, 3.05) is 23.6 Å². The third-order valence-electron chi connectivity index (χ3n) is 3.04. The topological polar surface area (TPSA) is 71.1 Å². The van der Waals surface area contributed by atoms with Gasteiger partial charge >= 0.3 is 0 Å². The van der Waals surface area contributed by atoms with Gasteiger partial charge in [0, 0.05) is 5.69 Å². The van der Waals surface area contributed by atoms with Crippen LogP contribution < -0.4 is 10.0 Å². The zero-order valence-corrected chi connectivity index (χ0v) is 11.3. The Morgan fingerprint density at radius 2 is 2.33 bits per heavy atom. The van der Waals surface area contributed by atoms with Crippen molar-refractivity contribution >= 4 is 15.7 Å². The van der Waals surface area contributed by atoms with Crippen molar-refractivity contribution in [1.29, 1.82) is 0 Å². The summed E-state index contributed by atoms with van der Waals surface area (Å²) in [5.74, 6) is 0.378. The zero-order valence-electron chi connectivity index (χ0n) is 10.5. The lowest BCUT2D eigenvalue weighted by Crippen LogP contribution is -2.35. The van der Waals surface area contributed by atoms with Crippen molar-refractivity contribution in [2.24, 2.45) is 5.92 Å². The Labute approximate surface area is 108 Å². The standard InChI is InChI=1S/C12H19N3O2S/c1-10-4-5-12(8-14-10)15-18(16,17)9-11-3-2-6-13-7-11/h4-5,8,11,13,15H,2-3,6-7,9H2,1H3. The minimum Gasteiger partial charge on any atom is -0.316 e. The van der Waals surface area contributed by atoms with Gasteiger partial charge < -0.3 is 5.32 Å². The van der Waals surface area contributed by atoms with Crippen LogP contribution in [0.5, 0.6) is 0 Å².